The smallest absolute Gasteiger partial charge is 0.334 e. The van der Waals surface area contributed by atoms with Crippen molar-refractivity contribution in [1.82, 2.24) is 14.5 Å². The number of aromatic nitrogens is 2. The maximum atomic E-state index is 11.9. The van der Waals surface area contributed by atoms with E-state index in [4.69, 9.17) is 16.9 Å². The van der Waals surface area contributed by atoms with E-state index in [-0.39, 0.29) is 5.02 Å². The molecule has 1 aliphatic rings. The number of hydrogen-bond donors (Lipinski definition) is 1. The molecule has 1 unspecified atom stereocenters. The first-order chi connectivity index (χ1) is 11.9. The summed E-state index contributed by atoms with van der Waals surface area (Å²) in [7, 11) is 3.38. The van der Waals surface area contributed by atoms with E-state index in [1.54, 1.807) is 37.0 Å². The highest BCUT2D eigenvalue weighted by Gasteiger charge is 2.48. The van der Waals surface area contributed by atoms with Crippen LogP contribution in [0.1, 0.15) is 23.2 Å². The molecule has 3 rings (SSSR count). The summed E-state index contributed by atoms with van der Waals surface area (Å²) in [6.45, 7) is 0. The zero-order chi connectivity index (χ0) is 18.6. The van der Waals surface area contributed by atoms with Gasteiger partial charge in [-0.1, -0.05) is 17.7 Å². The minimum atomic E-state index is -1.24. The second-order valence-electron chi connectivity index (χ2n) is 5.80. The first-order valence-corrected chi connectivity index (χ1v) is 7.81. The molecule has 130 valence electrons. The molecule has 0 spiro atoms. The zero-order valence-electron chi connectivity index (χ0n) is 13.8. The van der Waals surface area contributed by atoms with E-state index in [2.05, 4.69) is 4.98 Å². The number of amides is 1. The van der Waals surface area contributed by atoms with Crippen molar-refractivity contribution < 1.29 is 14.7 Å². The highest BCUT2D eigenvalue weighted by molar-refractivity contribution is 6.31. The molecule has 2 heterocycles. The molecule has 2 aromatic rings. The molecule has 0 saturated heterocycles. The van der Waals surface area contributed by atoms with Crippen molar-refractivity contribution >= 4 is 24.0 Å². The molecule has 7 nitrogen and oxygen atoms in total. The first-order valence-electron chi connectivity index (χ1n) is 7.43. The number of carbonyl (C=O) groups is 2. The minimum Gasteiger partial charge on any atom is -0.479 e. The standard InChI is InChI=1S/C14H10ClN3O2.C3H7NO/c15-12-5-9(6-16)1-2-11(12)14(13(19)20)4-3-10-7-17-8-18(10)14;1-4(2)3-5/h1-2,5,7-8H,3-4H2,(H,19,20);3H,1-2H3. The lowest BCUT2D eigenvalue weighted by atomic mass is 9.87. The van der Waals surface area contributed by atoms with Gasteiger partial charge in [0, 0.05) is 36.6 Å². The van der Waals surface area contributed by atoms with Crippen molar-refractivity contribution in [3.05, 3.63) is 52.6 Å². The van der Waals surface area contributed by atoms with Crippen molar-refractivity contribution in [3.63, 3.8) is 0 Å². The van der Waals surface area contributed by atoms with Crippen LogP contribution in [-0.2, 0) is 21.5 Å². The second kappa shape index (κ2) is 7.36. The molecule has 0 bridgehead atoms. The predicted molar refractivity (Wildman–Crippen MR) is 91.2 cm³/mol. The van der Waals surface area contributed by atoms with Crippen molar-refractivity contribution in [2.75, 3.05) is 14.1 Å². The van der Waals surface area contributed by atoms with Gasteiger partial charge in [0.25, 0.3) is 0 Å². The molecule has 0 saturated carbocycles. The van der Waals surface area contributed by atoms with Gasteiger partial charge in [-0.25, -0.2) is 9.78 Å². The van der Waals surface area contributed by atoms with E-state index in [9.17, 15) is 14.7 Å². The van der Waals surface area contributed by atoms with Crippen LogP contribution in [0.15, 0.2) is 30.7 Å². The van der Waals surface area contributed by atoms with E-state index in [1.807, 2.05) is 6.07 Å². The number of fused-ring (bicyclic) bond motifs is 1. The zero-order valence-corrected chi connectivity index (χ0v) is 14.6. The molecular formula is C17H17ClN4O3. The average molecular weight is 361 g/mol. The van der Waals surface area contributed by atoms with Gasteiger partial charge in [-0.2, -0.15) is 5.26 Å². The van der Waals surface area contributed by atoms with Crippen molar-refractivity contribution in [1.29, 1.82) is 5.26 Å². The lowest BCUT2D eigenvalue weighted by Gasteiger charge is -2.28. The number of aryl methyl sites for hydroxylation is 1. The van der Waals surface area contributed by atoms with Gasteiger partial charge < -0.3 is 14.6 Å². The van der Waals surface area contributed by atoms with Gasteiger partial charge in [0.2, 0.25) is 6.41 Å². The molecule has 8 heteroatoms. The Bertz CT molecular complexity index is 841. The number of rotatable bonds is 3. The van der Waals surface area contributed by atoms with Gasteiger partial charge in [-0.15, -0.1) is 0 Å². The Kier molecular flexibility index (Phi) is 5.45. The fourth-order valence-corrected chi connectivity index (χ4v) is 3.13. The Balaban J connectivity index is 0.000000399. The number of hydrogen-bond acceptors (Lipinski definition) is 4. The predicted octanol–water partition coefficient (Wildman–Crippen LogP) is 1.89. The maximum absolute atomic E-state index is 11.9. The monoisotopic (exact) mass is 360 g/mol. The summed E-state index contributed by atoms with van der Waals surface area (Å²) in [6, 6.07) is 6.69. The molecule has 0 fully saturated rings. The van der Waals surface area contributed by atoms with Crippen molar-refractivity contribution in [3.8, 4) is 6.07 Å². The van der Waals surface area contributed by atoms with Gasteiger partial charge in [-0.3, -0.25) is 4.79 Å². The third-order valence-corrected chi connectivity index (χ3v) is 4.29. The number of nitriles is 1. The van der Waals surface area contributed by atoms with Gasteiger partial charge >= 0.3 is 5.97 Å². The molecule has 1 aromatic heterocycles. The van der Waals surface area contributed by atoms with Gasteiger partial charge in [0.05, 0.1) is 18.0 Å². The first kappa shape index (κ1) is 18.5. The largest absolute Gasteiger partial charge is 0.479 e. The molecule has 25 heavy (non-hydrogen) atoms. The summed E-state index contributed by atoms with van der Waals surface area (Å²) in [6.07, 6.45) is 4.99. The summed E-state index contributed by atoms with van der Waals surface area (Å²) >= 11 is 6.21. The molecule has 1 aliphatic heterocycles. The van der Waals surface area contributed by atoms with Crippen LogP contribution in [0.3, 0.4) is 0 Å². The third kappa shape index (κ3) is 3.35. The summed E-state index contributed by atoms with van der Waals surface area (Å²) in [5.74, 6) is -0.971. The Morgan fingerprint density at radius 2 is 2.20 bits per heavy atom. The number of imidazole rings is 1. The normalized spacial score (nSPS) is 17.7. The van der Waals surface area contributed by atoms with Crippen LogP contribution in [0.5, 0.6) is 0 Å². The summed E-state index contributed by atoms with van der Waals surface area (Å²) in [5.41, 5.74) is 0.523. The van der Waals surface area contributed by atoms with E-state index >= 15 is 0 Å². The number of carboxylic acid groups (broad SMARTS) is 1. The van der Waals surface area contributed by atoms with Crippen LogP contribution in [-0.4, -0.2) is 46.0 Å². The molecule has 0 radical (unpaired) electrons. The molecule has 1 N–H and O–H groups in total. The van der Waals surface area contributed by atoms with Crippen LogP contribution in [0.25, 0.3) is 0 Å². The number of carbonyl (C=O) groups excluding carboxylic acids is 1. The van der Waals surface area contributed by atoms with Gasteiger partial charge in [0.1, 0.15) is 0 Å². The number of benzene rings is 1. The van der Waals surface area contributed by atoms with E-state index in [0.29, 0.717) is 24.0 Å². The highest BCUT2D eigenvalue weighted by Crippen LogP contribution is 2.41. The van der Waals surface area contributed by atoms with Crippen molar-refractivity contribution in [2.24, 2.45) is 0 Å². The Hall–Kier alpha value is -2.85. The van der Waals surface area contributed by atoms with Crippen LogP contribution in [0.2, 0.25) is 5.02 Å². The lowest BCUT2D eigenvalue weighted by Crippen LogP contribution is -2.40. The van der Waals surface area contributed by atoms with Crippen LogP contribution >= 0.6 is 11.6 Å². The Morgan fingerprint density at radius 1 is 1.52 bits per heavy atom. The number of nitrogens with zero attached hydrogens (tertiary/aromatic N) is 4. The summed E-state index contributed by atoms with van der Waals surface area (Å²) in [5, 5.41) is 18.9. The summed E-state index contributed by atoms with van der Waals surface area (Å²) < 4.78 is 1.66. The number of halogens is 1. The van der Waals surface area contributed by atoms with Gasteiger partial charge in [-0.05, 0) is 25.0 Å². The van der Waals surface area contributed by atoms with Crippen LogP contribution < -0.4 is 0 Å². The fourth-order valence-electron chi connectivity index (χ4n) is 2.79. The van der Waals surface area contributed by atoms with Crippen LogP contribution in [0.4, 0.5) is 0 Å². The number of carboxylic acids is 1. The minimum absolute atomic E-state index is 0.285. The fraction of sp³-hybridized carbons (Fsp3) is 0.294. The van der Waals surface area contributed by atoms with E-state index in [0.717, 1.165) is 12.1 Å². The van der Waals surface area contributed by atoms with Gasteiger partial charge in [0.15, 0.2) is 5.54 Å². The molecular weight excluding hydrogens is 344 g/mol. The lowest BCUT2D eigenvalue weighted by molar-refractivity contribution is -0.145. The molecule has 1 aromatic carbocycles. The average Bonchev–Trinajstić information content (AvgIpc) is 3.18. The second-order valence-corrected chi connectivity index (χ2v) is 6.20. The Morgan fingerprint density at radius 3 is 2.72 bits per heavy atom. The summed E-state index contributed by atoms with van der Waals surface area (Å²) in [4.78, 5) is 26.8. The van der Waals surface area contributed by atoms with E-state index < -0.39 is 11.5 Å². The van der Waals surface area contributed by atoms with Crippen molar-refractivity contribution in [2.45, 2.75) is 18.4 Å². The Labute approximate surface area is 150 Å². The SMILES string of the molecule is CN(C)C=O.N#Cc1ccc(C2(C(=O)O)CCc3cncn32)c(Cl)c1. The van der Waals surface area contributed by atoms with E-state index in [1.165, 1.54) is 17.3 Å². The number of aliphatic carboxylic acids is 1. The maximum Gasteiger partial charge on any atom is 0.334 e. The molecule has 1 atom stereocenters. The topological polar surface area (TPSA) is 99.2 Å². The quantitative estimate of drug-likeness (QED) is 0.842. The molecule has 1 amide bonds. The highest BCUT2D eigenvalue weighted by atomic mass is 35.5. The molecule has 0 aliphatic carbocycles. The van der Waals surface area contributed by atoms with Crippen LogP contribution in [0, 0.1) is 11.3 Å². The third-order valence-electron chi connectivity index (χ3n) is 3.98.